The van der Waals surface area contributed by atoms with Gasteiger partial charge in [-0.2, -0.15) is 0 Å². The van der Waals surface area contributed by atoms with Crippen molar-refractivity contribution in [2.45, 2.75) is 45.1 Å². The minimum atomic E-state index is -0.253. The zero-order valence-electron chi connectivity index (χ0n) is 10.5. The van der Waals surface area contributed by atoms with Crippen molar-refractivity contribution in [1.82, 2.24) is 5.32 Å². The first-order valence-electron chi connectivity index (χ1n) is 5.62. The molecule has 0 aromatic rings. The van der Waals surface area contributed by atoms with Crippen molar-refractivity contribution in [2.24, 2.45) is 5.73 Å². The number of halogens is 1. The molecule has 3 N–H and O–H groups in total. The van der Waals surface area contributed by atoms with Crippen LogP contribution in [-0.2, 0) is 9.53 Å². The third-order valence-corrected chi connectivity index (χ3v) is 2.80. The highest BCUT2D eigenvalue weighted by molar-refractivity contribution is 5.85. The minimum absolute atomic E-state index is 0. The fourth-order valence-electron chi connectivity index (χ4n) is 1.24. The SMILES string of the molecule is CCC(N)(CC)CNC(=O)CCCOC.Cl. The average Bonchev–Trinajstić information content (AvgIpc) is 2.26. The first kappa shape index (κ1) is 18.1. The van der Waals surface area contributed by atoms with Crippen LogP contribution >= 0.6 is 12.4 Å². The van der Waals surface area contributed by atoms with Crippen LogP contribution in [0.4, 0.5) is 0 Å². The van der Waals surface area contributed by atoms with E-state index in [1.54, 1.807) is 7.11 Å². The second-order valence-electron chi connectivity index (χ2n) is 3.94. The molecule has 0 fully saturated rings. The number of amides is 1. The Hall–Kier alpha value is -0.320. The largest absolute Gasteiger partial charge is 0.385 e. The van der Waals surface area contributed by atoms with Crippen LogP contribution in [0.25, 0.3) is 0 Å². The van der Waals surface area contributed by atoms with Gasteiger partial charge < -0.3 is 15.8 Å². The number of hydrogen-bond donors (Lipinski definition) is 2. The molecular formula is C11H25ClN2O2. The molecule has 0 aliphatic carbocycles. The number of carbonyl (C=O) groups is 1. The molecular weight excluding hydrogens is 228 g/mol. The Labute approximate surface area is 105 Å². The van der Waals surface area contributed by atoms with Gasteiger partial charge in [-0.25, -0.2) is 0 Å². The summed E-state index contributed by atoms with van der Waals surface area (Å²) in [6.45, 7) is 5.27. The highest BCUT2D eigenvalue weighted by Gasteiger charge is 2.20. The molecule has 0 atom stereocenters. The summed E-state index contributed by atoms with van der Waals surface area (Å²) in [5.74, 6) is 0.0591. The van der Waals surface area contributed by atoms with E-state index in [0.29, 0.717) is 19.6 Å². The van der Waals surface area contributed by atoms with E-state index >= 15 is 0 Å². The molecule has 0 heterocycles. The lowest BCUT2D eigenvalue weighted by atomic mass is 9.94. The van der Waals surface area contributed by atoms with Gasteiger partial charge >= 0.3 is 0 Å². The maximum Gasteiger partial charge on any atom is 0.220 e. The molecule has 0 spiro atoms. The number of ether oxygens (including phenoxy) is 1. The molecule has 0 rings (SSSR count). The average molecular weight is 253 g/mol. The molecule has 1 amide bonds. The van der Waals surface area contributed by atoms with Crippen LogP contribution in [0.2, 0.25) is 0 Å². The number of methoxy groups -OCH3 is 1. The molecule has 0 aromatic carbocycles. The maximum absolute atomic E-state index is 11.4. The van der Waals surface area contributed by atoms with Gasteiger partial charge in [0, 0.05) is 32.2 Å². The quantitative estimate of drug-likeness (QED) is 0.643. The number of hydrogen-bond acceptors (Lipinski definition) is 3. The Balaban J connectivity index is 0. The van der Waals surface area contributed by atoms with Gasteiger partial charge in [0.05, 0.1) is 0 Å². The fraction of sp³-hybridized carbons (Fsp3) is 0.909. The lowest BCUT2D eigenvalue weighted by molar-refractivity contribution is -0.121. The normalized spacial score (nSPS) is 10.8. The molecule has 0 aromatic heterocycles. The third kappa shape index (κ3) is 7.91. The maximum atomic E-state index is 11.4. The van der Waals surface area contributed by atoms with Gasteiger partial charge in [0.15, 0.2) is 0 Å². The molecule has 5 heteroatoms. The molecule has 0 saturated carbocycles. The van der Waals surface area contributed by atoms with E-state index in [4.69, 9.17) is 10.5 Å². The van der Waals surface area contributed by atoms with Gasteiger partial charge in [0.2, 0.25) is 5.91 Å². The number of nitrogens with two attached hydrogens (primary N) is 1. The van der Waals surface area contributed by atoms with E-state index < -0.39 is 0 Å². The van der Waals surface area contributed by atoms with E-state index in [0.717, 1.165) is 19.3 Å². The molecule has 4 nitrogen and oxygen atoms in total. The minimum Gasteiger partial charge on any atom is -0.385 e. The summed E-state index contributed by atoms with van der Waals surface area (Å²) in [6, 6.07) is 0. The summed E-state index contributed by atoms with van der Waals surface area (Å²) in [7, 11) is 1.64. The third-order valence-electron chi connectivity index (χ3n) is 2.80. The van der Waals surface area contributed by atoms with Crippen LogP contribution in [0.15, 0.2) is 0 Å². The van der Waals surface area contributed by atoms with Crippen LogP contribution in [-0.4, -0.2) is 31.7 Å². The molecule has 0 saturated heterocycles. The van der Waals surface area contributed by atoms with Crippen molar-refractivity contribution < 1.29 is 9.53 Å². The molecule has 0 aliphatic heterocycles. The topological polar surface area (TPSA) is 64.3 Å². The summed E-state index contributed by atoms with van der Waals surface area (Å²) in [4.78, 5) is 11.4. The van der Waals surface area contributed by atoms with E-state index in [1.165, 1.54) is 0 Å². The van der Waals surface area contributed by atoms with Crippen molar-refractivity contribution in [1.29, 1.82) is 0 Å². The molecule has 98 valence electrons. The van der Waals surface area contributed by atoms with Gasteiger partial charge in [-0.3, -0.25) is 4.79 Å². The zero-order valence-corrected chi connectivity index (χ0v) is 11.4. The number of carbonyl (C=O) groups excluding carboxylic acids is 1. The Morgan fingerprint density at radius 1 is 1.38 bits per heavy atom. The highest BCUT2D eigenvalue weighted by Crippen LogP contribution is 2.09. The molecule has 16 heavy (non-hydrogen) atoms. The van der Waals surface area contributed by atoms with Crippen LogP contribution in [0.1, 0.15) is 39.5 Å². The first-order chi connectivity index (χ1) is 7.08. The fourth-order valence-corrected chi connectivity index (χ4v) is 1.24. The molecule has 0 aliphatic rings. The molecule has 0 bridgehead atoms. The van der Waals surface area contributed by atoms with Crippen LogP contribution in [0, 0.1) is 0 Å². The van der Waals surface area contributed by atoms with Gasteiger partial charge in [0.25, 0.3) is 0 Å². The van der Waals surface area contributed by atoms with E-state index in [2.05, 4.69) is 5.32 Å². The second kappa shape index (κ2) is 9.87. The zero-order chi connectivity index (χ0) is 11.7. The lowest BCUT2D eigenvalue weighted by Gasteiger charge is -2.26. The van der Waals surface area contributed by atoms with Crippen LogP contribution in [0.3, 0.4) is 0 Å². The van der Waals surface area contributed by atoms with E-state index in [-0.39, 0.29) is 23.9 Å². The predicted molar refractivity (Wildman–Crippen MR) is 68.9 cm³/mol. The van der Waals surface area contributed by atoms with E-state index in [1.807, 2.05) is 13.8 Å². The highest BCUT2D eigenvalue weighted by atomic mass is 35.5. The van der Waals surface area contributed by atoms with Crippen molar-refractivity contribution >= 4 is 18.3 Å². The number of nitrogens with one attached hydrogen (secondary N) is 1. The Morgan fingerprint density at radius 3 is 2.38 bits per heavy atom. The Morgan fingerprint density at radius 2 is 1.94 bits per heavy atom. The lowest BCUT2D eigenvalue weighted by Crippen LogP contribution is -2.49. The van der Waals surface area contributed by atoms with Gasteiger partial charge in [-0.05, 0) is 19.3 Å². The summed E-state index contributed by atoms with van der Waals surface area (Å²) < 4.78 is 4.88. The second-order valence-corrected chi connectivity index (χ2v) is 3.94. The van der Waals surface area contributed by atoms with Crippen molar-refractivity contribution in [3.8, 4) is 0 Å². The van der Waals surface area contributed by atoms with Gasteiger partial charge in [-0.1, -0.05) is 13.8 Å². The summed E-state index contributed by atoms with van der Waals surface area (Å²) in [6.07, 6.45) is 3.03. The van der Waals surface area contributed by atoms with Crippen molar-refractivity contribution in [2.75, 3.05) is 20.3 Å². The first-order valence-corrected chi connectivity index (χ1v) is 5.62. The van der Waals surface area contributed by atoms with Crippen molar-refractivity contribution in [3.63, 3.8) is 0 Å². The predicted octanol–water partition coefficient (Wildman–Crippen LogP) is 1.47. The Bertz CT molecular complexity index is 185. The van der Waals surface area contributed by atoms with Gasteiger partial charge in [0.1, 0.15) is 0 Å². The summed E-state index contributed by atoms with van der Waals surface area (Å²) in [5.41, 5.74) is 5.81. The summed E-state index contributed by atoms with van der Waals surface area (Å²) >= 11 is 0. The van der Waals surface area contributed by atoms with Gasteiger partial charge in [-0.15, -0.1) is 12.4 Å². The monoisotopic (exact) mass is 252 g/mol. The Kier molecular flexibility index (Phi) is 11.1. The van der Waals surface area contributed by atoms with Crippen LogP contribution in [0.5, 0.6) is 0 Å². The van der Waals surface area contributed by atoms with Crippen molar-refractivity contribution in [3.05, 3.63) is 0 Å². The smallest absolute Gasteiger partial charge is 0.220 e. The van der Waals surface area contributed by atoms with E-state index in [9.17, 15) is 4.79 Å². The summed E-state index contributed by atoms with van der Waals surface area (Å²) in [5, 5.41) is 2.86. The molecule has 0 unspecified atom stereocenters. The number of rotatable bonds is 8. The van der Waals surface area contributed by atoms with Crippen LogP contribution < -0.4 is 11.1 Å². The molecule has 0 radical (unpaired) electrons. The standard InChI is InChI=1S/C11H24N2O2.ClH/c1-4-11(12,5-2)9-13-10(14)7-6-8-15-3;/h4-9,12H2,1-3H3,(H,13,14);1H.